The van der Waals surface area contributed by atoms with Crippen molar-refractivity contribution < 1.29 is 14.4 Å². The molecule has 0 unspecified atom stereocenters. The minimum Gasteiger partial charge on any atom is -0.332 e. The zero-order valence-corrected chi connectivity index (χ0v) is 9.10. The van der Waals surface area contributed by atoms with Crippen LogP contribution < -0.4 is 0 Å². The Balaban J connectivity index is 2.60. The molecule has 1 fully saturated rings. The quantitative estimate of drug-likeness (QED) is 0.473. The summed E-state index contributed by atoms with van der Waals surface area (Å²) in [5.74, 6) is -0.945. The van der Waals surface area contributed by atoms with Gasteiger partial charge >= 0.3 is 11.8 Å². The van der Waals surface area contributed by atoms with Crippen LogP contribution in [-0.4, -0.2) is 53.6 Å². The zero-order chi connectivity index (χ0) is 11.4. The number of amides is 2. The van der Waals surface area contributed by atoms with E-state index in [1.807, 2.05) is 13.8 Å². The molecule has 1 heterocycles. The van der Waals surface area contributed by atoms with E-state index in [2.05, 4.69) is 0 Å². The molecular weight excluding hydrogens is 196 g/mol. The molecule has 84 valence electrons. The molecule has 0 N–H and O–H groups in total. The topological polar surface area (TPSA) is 57.7 Å². The van der Waals surface area contributed by atoms with E-state index in [1.54, 1.807) is 4.90 Å². The maximum atomic E-state index is 11.6. The first kappa shape index (κ1) is 11.7. The van der Waals surface area contributed by atoms with Crippen LogP contribution in [0.15, 0.2) is 0 Å². The normalized spacial score (nSPS) is 17.5. The second-order valence-electron chi connectivity index (χ2n) is 3.84. The first-order valence-electron chi connectivity index (χ1n) is 5.11. The van der Waals surface area contributed by atoms with Crippen molar-refractivity contribution >= 4 is 18.1 Å². The van der Waals surface area contributed by atoms with Gasteiger partial charge in [-0.3, -0.25) is 9.59 Å². The van der Waals surface area contributed by atoms with Crippen molar-refractivity contribution in [3.63, 3.8) is 0 Å². The molecule has 5 nitrogen and oxygen atoms in total. The lowest BCUT2D eigenvalue weighted by Crippen LogP contribution is -2.56. The molecule has 0 bridgehead atoms. The molecule has 0 aromatic heterocycles. The van der Waals surface area contributed by atoms with Gasteiger partial charge in [0.2, 0.25) is 0 Å². The molecule has 15 heavy (non-hydrogen) atoms. The van der Waals surface area contributed by atoms with Crippen molar-refractivity contribution in [1.29, 1.82) is 0 Å². The second-order valence-corrected chi connectivity index (χ2v) is 3.84. The molecule has 1 aliphatic heterocycles. The molecule has 0 atom stereocenters. The lowest BCUT2D eigenvalue weighted by Gasteiger charge is -2.35. The molecule has 0 aromatic rings. The monoisotopic (exact) mass is 212 g/mol. The van der Waals surface area contributed by atoms with E-state index < -0.39 is 11.8 Å². The van der Waals surface area contributed by atoms with Gasteiger partial charge in [-0.15, -0.1) is 0 Å². The Morgan fingerprint density at radius 2 is 1.93 bits per heavy atom. The van der Waals surface area contributed by atoms with Gasteiger partial charge in [0.05, 0.1) is 0 Å². The van der Waals surface area contributed by atoms with Crippen molar-refractivity contribution in [3.05, 3.63) is 0 Å². The summed E-state index contributed by atoms with van der Waals surface area (Å²) < 4.78 is 0. The number of aldehydes is 1. The van der Waals surface area contributed by atoms with Gasteiger partial charge in [-0.25, -0.2) is 0 Å². The fourth-order valence-electron chi connectivity index (χ4n) is 1.60. The van der Waals surface area contributed by atoms with E-state index in [9.17, 15) is 14.4 Å². The molecule has 1 saturated heterocycles. The highest BCUT2D eigenvalue weighted by Gasteiger charge is 2.33. The third-order valence-corrected chi connectivity index (χ3v) is 2.48. The Morgan fingerprint density at radius 3 is 2.47 bits per heavy atom. The van der Waals surface area contributed by atoms with Crippen LogP contribution in [0.4, 0.5) is 0 Å². The van der Waals surface area contributed by atoms with Gasteiger partial charge in [0, 0.05) is 32.1 Å². The summed E-state index contributed by atoms with van der Waals surface area (Å²) in [5, 5.41) is 0. The maximum absolute atomic E-state index is 11.6. The summed E-state index contributed by atoms with van der Waals surface area (Å²) in [6.07, 6.45) is 1.05. The van der Waals surface area contributed by atoms with Crippen LogP contribution in [0.1, 0.15) is 20.3 Å². The van der Waals surface area contributed by atoms with Gasteiger partial charge < -0.3 is 14.6 Å². The smallest absolute Gasteiger partial charge is 0.312 e. The summed E-state index contributed by atoms with van der Waals surface area (Å²) >= 11 is 0. The highest BCUT2D eigenvalue weighted by atomic mass is 16.2. The predicted octanol–water partition coefficient (Wildman–Crippen LogP) is -0.345. The van der Waals surface area contributed by atoms with Gasteiger partial charge in [0.25, 0.3) is 0 Å². The van der Waals surface area contributed by atoms with E-state index in [4.69, 9.17) is 0 Å². The average molecular weight is 212 g/mol. The minimum absolute atomic E-state index is 0.0506. The SMILES string of the molecule is CC(C)N1CCN(CCC=O)C(=O)C1=O. The predicted molar refractivity (Wildman–Crippen MR) is 54.1 cm³/mol. The summed E-state index contributed by atoms with van der Waals surface area (Å²) in [4.78, 5) is 36.3. The Morgan fingerprint density at radius 1 is 1.27 bits per heavy atom. The van der Waals surface area contributed by atoms with E-state index in [0.29, 0.717) is 26.1 Å². The van der Waals surface area contributed by atoms with Gasteiger partial charge in [0.1, 0.15) is 6.29 Å². The van der Waals surface area contributed by atoms with E-state index in [1.165, 1.54) is 4.90 Å². The molecular formula is C10H16N2O3. The van der Waals surface area contributed by atoms with Crippen molar-refractivity contribution in [2.45, 2.75) is 26.3 Å². The summed E-state index contributed by atoms with van der Waals surface area (Å²) in [6.45, 7) is 5.19. The van der Waals surface area contributed by atoms with Crippen LogP contribution in [-0.2, 0) is 14.4 Å². The highest BCUT2D eigenvalue weighted by molar-refractivity contribution is 6.35. The largest absolute Gasteiger partial charge is 0.332 e. The zero-order valence-electron chi connectivity index (χ0n) is 9.10. The second kappa shape index (κ2) is 4.91. The molecule has 0 radical (unpaired) electrons. The minimum atomic E-state index is -0.489. The van der Waals surface area contributed by atoms with Crippen LogP contribution in [0.3, 0.4) is 0 Å². The number of piperazine rings is 1. The summed E-state index contributed by atoms with van der Waals surface area (Å²) in [6, 6.07) is 0.0506. The van der Waals surface area contributed by atoms with Crippen LogP contribution >= 0.6 is 0 Å². The molecule has 1 aliphatic rings. The highest BCUT2D eigenvalue weighted by Crippen LogP contribution is 2.08. The fourth-order valence-corrected chi connectivity index (χ4v) is 1.60. The van der Waals surface area contributed by atoms with E-state index in [0.717, 1.165) is 6.29 Å². The third-order valence-electron chi connectivity index (χ3n) is 2.48. The van der Waals surface area contributed by atoms with Crippen LogP contribution in [0.25, 0.3) is 0 Å². The fraction of sp³-hybridized carbons (Fsp3) is 0.700. The van der Waals surface area contributed by atoms with Crippen molar-refractivity contribution in [2.24, 2.45) is 0 Å². The Kier molecular flexibility index (Phi) is 3.82. The molecule has 0 aromatic carbocycles. The van der Waals surface area contributed by atoms with Gasteiger partial charge in [-0.1, -0.05) is 0 Å². The van der Waals surface area contributed by atoms with E-state index in [-0.39, 0.29) is 6.04 Å². The lowest BCUT2D eigenvalue weighted by molar-refractivity contribution is -0.157. The molecule has 5 heteroatoms. The number of carbonyl (C=O) groups is 3. The van der Waals surface area contributed by atoms with Crippen LogP contribution in [0.5, 0.6) is 0 Å². The van der Waals surface area contributed by atoms with Gasteiger partial charge in [0.15, 0.2) is 0 Å². The average Bonchev–Trinajstić information content (AvgIpc) is 2.20. The number of hydrogen-bond acceptors (Lipinski definition) is 3. The molecule has 0 aliphatic carbocycles. The molecule has 1 rings (SSSR count). The molecule has 0 spiro atoms. The Hall–Kier alpha value is -1.39. The Bertz CT molecular complexity index is 276. The third kappa shape index (κ3) is 2.55. The summed E-state index contributed by atoms with van der Waals surface area (Å²) in [5.41, 5.74) is 0. The molecule has 0 saturated carbocycles. The first-order chi connectivity index (χ1) is 7.07. The van der Waals surface area contributed by atoms with Gasteiger partial charge in [-0.2, -0.15) is 0 Å². The van der Waals surface area contributed by atoms with Crippen LogP contribution in [0, 0.1) is 0 Å². The maximum Gasteiger partial charge on any atom is 0.312 e. The number of carbonyl (C=O) groups excluding carboxylic acids is 3. The summed E-state index contributed by atoms with van der Waals surface area (Å²) in [7, 11) is 0. The van der Waals surface area contributed by atoms with Gasteiger partial charge in [-0.05, 0) is 13.8 Å². The van der Waals surface area contributed by atoms with Crippen molar-refractivity contribution in [3.8, 4) is 0 Å². The van der Waals surface area contributed by atoms with Crippen molar-refractivity contribution in [2.75, 3.05) is 19.6 Å². The number of hydrogen-bond donors (Lipinski definition) is 0. The number of rotatable bonds is 4. The molecule has 2 amide bonds. The lowest BCUT2D eigenvalue weighted by atomic mass is 10.2. The van der Waals surface area contributed by atoms with Crippen LogP contribution in [0.2, 0.25) is 0 Å². The Labute approximate surface area is 89.0 Å². The standard InChI is InChI=1S/C10H16N2O3/c1-8(2)12-6-5-11(4-3-7-13)9(14)10(12)15/h7-8H,3-6H2,1-2H3. The van der Waals surface area contributed by atoms with Crippen molar-refractivity contribution in [1.82, 2.24) is 9.80 Å². The van der Waals surface area contributed by atoms with E-state index >= 15 is 0 Å². The first-order valence-corrected chi connectivity index (χ1v) is 5.11. The number of nitrogens with zero attached hydrogens (tertiary/aromatic N) is 2.